The summed E-state index contributed by atoms with van der Waals surface area (Å²) in [6.07, 6.45) is 1.98. The molecule has 0 saturated carbocycles. The second-order valence-electron chi connectivity index (χ2n) is 6.28. The number of benzene rings is 1. The van der Waals surface area contributed by atoms with E-state index in [-0.39, 0.29) is 17.7 Å². The Morgan fingerprint density at radius 2 is 2.19 bits per heavy atom. The van der Waals surface area contributed by atoms with E-state index in [0.717, 1.165) is 18.5 Å². The first-order valence-corrected chi connectivity index (χ1v) is 9.26. The highest BCUT2D eigenvalue weighted by atomic mass is 35.5. The van der Waals surface area contributed by atoms with Crippen LogP contribution in [-0.4, -0.2) is 56.5 Å². The van der Waals surface area contributed by atoms with E-state index >= 15 is 0 Å². The third-order valence-electron chi connectivity index (χ3n) is 4.40. The Labute approximate surface area is 159 Å². The van der Waals surface area contributed by atoms with E-state index < -0.39 is 0 Å². The largest absolute Gasteiger partial charge is 0.495 e. The molecule has 1 atom stereocenters. The Balaban J connectivity index is 1.82. The second kappa shape index (κ2) is 10.2. The van der Waals surface area contributed by atoms with Crippen molar-refractivity contribution in [3.05, 3.63) is 23.2 Å². The molecule has 0 radical (unpaired) electrons. The van der Waals surface area contributed by atoms with Crippen LogP contribution >= 0.6 is 11.6 Å². The Bertz CT molecular complexity index is 626. The van der Waals surface area contributed by atoms with Crippen LogP contribution in [0, 0.1) is 5.92 Å². The van der Waals surface area contributed by atoms with Crippen molar-refractivity contribution in [3.8, 4) is 5.75 Å². The van der Waals surface area contributed by atoms with Crippen molar-refractivity contribution in [1.82, 2.24) is 10.2 Å². The predicted octanol–water partition coefficient (Wildman–Crippen LogP) is 1.46. The molecular weight excluding hydrogens is 356 g/mol. The number of methoxy groups -OCH3 is 1. The minimum Gasteiger partial charge on any atom is -0.495 e. The summed E-state index contributed by atoms with van der Waals surface area (Å²) in [5, 5.41) is 6.59. The molecule has 2 rings (SSSR count). The molecule has 26 heavy (non-hydrogen) atoms. The molecule has 1 aromatic rings. The molecule has 1 unspecified atom stereocenters. The highest BCUT2D eigenvalue weighted by Gasteiger charge is 2.27. The Morgan fingerprint density at radius 3 is 2.92 bits per heavy atom. The molecule has 1 aliphatic rings. The average Bonchev–Trinajstić information content (AvgIpc) is 2.66. The van der Waals surface area contributed by atoms with Crippen molar-refractivity contribution in [1.29, 1.82) is 0 Å². The summed E-state index contributed by atoms with van der Waals surface area (Å²) in [5.41, 5.74) is 6.17. The van der Waals surface area contributed by atoms with Gasteiger partial charge < -0.3 is 26.0 Å². The van der Waals surface area contributed by atoms with Crippen LogP contribution in [0.4, 0.5) is 5.69 Å². The quantitative estimate of drug-likeness (QED) is 0.632. The smallest absolute Gasteiger partial charge is 0.224 e. The molecule has 1 aromatic carbocycles. The number of hydrogen-bond acceptors (Lipinski definition) is 5. The van der Waals surface area contributed by atoms with E-state index in [1.165, 1.54) is 0 Å². The van der Waals surface area contributed by atoms with Gasteiger partial charge in [-0.05, 0) is 31.0 Å². The van der Waals surface area contributed by atoms with Crippen molar-refractivity contribution < 1.29 is 14.3 Å². The number of likely N-dealkylation sites (tertiary alicyclic amines) is 1. The van der Waals surface area contributed by atoms with Crippen molar-refractivity contribution in [2.45, 2.75) is 19.3 Å². The number of hydrogen-bond donors (Lipinski definition) is 3. The Hall–Kier alpha value is -1.99. The summed E-state index contributed by atoms with van der Waals surface area (Å²) in [6, 6.07) is 5.30. The summed E-state index contributed by atoms with van der Waals surface area (Å²) in [4.78, 5) is 26.3. The summed E-state index contributed by atoms with van der Waals surface area (Å²) in [6.45, 7) is 2.51. The van der Waals surface area contributed by atoms with Crippen molar-refractivity contribution in [3.63, 3.8) is 0 Å². The third-order valence-corrected chi connectivity index (χ3v) is 4.64. The SMILES string of the molecule is COc1ccc(Cl)cc1NCCC(=O)N1CCCC(C(=O)NCCN)C1. The first-order valence-electron chi connectivity index (χ1n) is 8.88. The molecule has 2 amide bonds. The van der Waals surface area contributed by atoms with Gasteiger partial charge in [0.1, 0.15) is 5.75 Å². The van der Waals surface area contributed by atoms with Crippen molar-refractivity contribution in [2.24, 2.45) is 11.7 Å². The van der Waals surface area contributed by atoms with Gasteiger partial charge in [-0.1, -0.05) is 11.6 Å². The second-order valence-corrected chi connectivity index (χ2v) is 6.72. The maximum absolute atomic E-state index is 12.5. The molecule has 0 aromatic heterocycles. The number of nitrogens with two attached hydrogens (primary N) is 1. The zero-order chi connectivity index (χ0) is 18.9. The lowest BCUT2D eigenvalue weighted by molar-refractivity contribution is -0.135. The van der Waals surface area contributed by atoms with Crippen LogP contribution in [0.5, 0.6) is 5.75 Å². The van der Waals surface area contributed by atoms with Gasteiger partial charge in [-0.3, -0.25) is 9.59 Å². The van der Waals surface area contributed by atoms with Crippen molar-refractivity contribution in [2.75, 3.05) is 45.2 Å². The van der Waals surface area contributed by atoms with E-state index in [9.17, 15) is 9.59 Å². The van der Waals surface area contributed by atoms with Crippen LogP contribution in [0.1, 0.15) is 19.3 Å². The van der Waals surface area contributed by atoms with Crippen LogP contribution in [0.3, 0.4) is 0 Å². The number of nitrogens with one attached hydrogen (secondary N) is 2. The first kappa shape index (κ1) is 20.3. The average molecular weight is 383 g/mol. The molecule has 1 aliphatic heterocycles. The van der Waals surface area contributed by atoms with E-state index in [1.54, 1.807) is 30.2 Å². The van der Waals surface area contributed by atoms with Gasteiger partial charge in [-0.2, -0.15) is 0 Å². The number of anilines is 1. The van der Waals surface area contributed by atoms with Gasteiger partial charge in [0.05, 0.1) is 18.7 Å². The summed E-state index contributed by atoms with van der Waals surface area (Å²) < 4.78 is 5.28. The molecule has 7 nitrogen and oxygen atoms in total. The number of ether oxygens (including phenoxy) is 1. The predicted molar refractivity (Wildman–Crippen MR) is 102 cm³/mol. The maximum atomic E-state index is 12.5. The molecule has 0 spiro atoms. The van der Waals surface area contributed by atoms with Crippen LogP contribution in [0.25, 0.3) is 0 Å². The first-order chi connectivity index (χ1) is 12.5. The zero-order valence-corrected chi connectivity index (χ0v) is 15.8. The van der Waals surface area contributed by atoms with Crippen LogP contribution < -0.4 is 21.1 Å². The van der Waals surface area contributed by atoms with E-state index in [2.05, 4.69) is 10.6 Å². The van der Waals surface area contributed by atoms with Gasteiger partial charge in [0.25, 0.3) is 0 Å². The van der Waals surface area contributed by atoms with E-state index in [0.29, 0.717) is 49.9 Å². The van der Waals surface area contributed by atoms with Gasteiger partial charge in [0.15, 0.2) is 0 Å². The molecule has 144 valence electrons. The van der Waals surface area contributed by atoms with E-state index in [4.69, 9.17) is 22.1 Å². The molecule has 8 heteroatoms. The minimum absolute atomic E-state index is 0.0188. The fraction of sp³-hybridized carbons (Fsp3) is 0.556. The lowest BCUT2D eigenvalue weighted by atomic mass is 9.97. The lowest BCUT2D eigenvalue weighted by Gasteiger charge is -2.32. The summed E-state index contributed by atoms with van der Waals surface area (Å²) in [5.74, 6) is 0.543. The van der Waals surface area contributed by atoms with Crippen LogP contribution in [0.2, 0.25) is 5.02 Å². The number of carbonyl (C=O) groups is 2. The Morgan fingerprint density at radius 1 is 1.38 bits per heavy atom. The van der Waals surface area contributed by atoms with Gasteiger partial charge in [-0.15, -0.1) is 0 Å². The normalized spacial score (nSPS) is 16.9. The third kappa shape index (κ3) is 5.78. The summed E-state index contributed by atoms with van der Waals surface area (Å²) >= 11 is 6.00. The number of piperidine rings is 1. The fourth-order valence-corrected chi connectivity index (χ4v) is 3.21. The molecule has 4 N–H and O–H groups in total. The van der Waals surface area contributed by atoms with Gasteiger partial charge >= 0.3 is 0 Å². The summed E-state index contributed by atoms with van der Waals surface area (Å²) in [7, 11) is 1.59. The molecule has 1 saturated heterocycles. The van der Waals surface area contributed by atoms with Crippen LogP contribution in [-0.2, 0) is 9.59 Å². The highest BCUT2D eigenvalue weighted by molar-refractivity contribution is 6.30. The number of carbonyl (C=O) groups excluding carboxylic acids is 2. The molecule has 1 fully saturated rings. The number of halogens is 1. The number of amides is 2. The highest BCUT2D eigenvalue weighted by Crippen LogP contribution is 2.27. The number of nitrogens with zero attached hydrogens (tertiary/aromatic N) is 1. The lowest BCUT2D eigenvalue weighted by Crippen LogP contribution is -2.46. The Kier molecular flexibility index (Phi) is 8.00. The van der Waals surface area contributed by atoms with Gasteiger partial charge in [-0.25, -0.2) is 0 Å². The molecule has 0 aliphatic carbocycles. The van der Waals surface area contributed by atoms with E-state index in [1.807, 2.05) is 0 Å². The topological polar surface area (TPSA) is 96.7 Å². The molecule has 0 bridgehead atoms. The maximum Gasteiger partial charge on any atom is 0.224 e. The van der Waals surface area contributed by atoms with Gasteiger partial charge in [0, 0.05) is 44.2 Å². The minimum atomic E-state index is -0.153. The monoisotopic (exact) mass is 382 g/mol. The number of rotatable bonds is 8. The van der Waals surface area contributed by atoms with Crippen molar-refractivity contribution >= 4 is 29.1 Å². The fourth-order valence-electron chi connectivity index (χ4n) is 3.04. The zero-order valence-electron chi connectivity index (χ0n) is 15.1. The standard InChI is InChI=1S/C18H27ClN4O3/c1-26-16-5-4-14(19)11-15(16)21-8-6-17(24)23-10-2-3-13(12-23)18(25)22-9-7-20/h4-5,11,13,21H,2-3,6-10,12,20H2,1H3,(H,22,25). The van der Waals surface area contributed by atoms with Crippen LogP contribution in [0.15, 0.2) is 18.2 Å². The van der Waals surface area contributed by atoms with Gasteiger partial charge in [0.2, 0.25) is 11.8 Å². The molecule has 1 heterocycles. The molecular formula is C18H27ClN4O3.